The molecule has 0 fully saturated rings. The molecule has 1 heterocycles. The van der Waals surface area contributed by atoms with Gasteiger partial charge in [0.25, 0.3) is 5.69 Å². The number of hydrogen-bond acceptors (Lipinski definition) is 5. The van der Waals surface area contributed by atoms with Crippen molar-refractivity contribution in [3.05, 3.63) is 51.7 Å². The van der Waals surface area contributed by atoms with Gasteiger partial charge in [0, 0.05) is 11.0 Å². The molecule has 2 aromatic rings. The number of pyridine rings is 1. The van der Waals surface area contributed by atoms with Gasteiger partial charge in [0.2, 0.25) is 0 Å². The van der Waals surface area contributed by atoms with E-state index in [0.29, 0.717) is 5.03 Å². The molecule has 0 saturated heterocycles. The number of nitro groups is 1. The molecule has 0 aliphatic carbocycles. The minimum absolute atomic E-state index is 0.0731. The molecular formula is C12H9ClN2O3S. The number of halogens is 1. The molecule has 0 atom stereocenters. The van der Waals surface area contributed by atoms with Gasteiger partial charge in [-0.25, -0.2) is 4.98 Å². The molecule has 0 unspecified atom stereocenters. The van der Waals surface area contributed by atoms with Gasteiger partial charge in [0.15, 0.2) is 0 Å². The van der Waals surface area contributed by atoms with Crippen LogP contribution < -0.4 is 4.74 Å². The Morgan fingerprint density at radius 1 is 1.32 bits per heavy atom. The number of benzene rings is 1. The zero-order valence-corrected chi connectivity index (χ0v) is 11.4. The van der Waals surface area contributed by atoms with Crippen molar-refractivity contribution in [2.75, 3.05) is 7.11 Å². The van der Waals surface area contributed by atoms with E-state index in [1.807, 2.05) is 12.1 Å². The lowest BCUT2D eigenvalue weighted by molar-refractivity contribution is -0.385. The van der Waals surface area contributed by atoms with E-state index in [0.717, 1.165) is 10.6 Å². The fraction of sp³-hybridized carbons (Fsp3) is 0.0833. The average molecular weight is 297 g/mol. The lowest BCUT2D eigenvalue weighted by Crippen LogP contribution is -1.90. The highest BCUT2D eigenvalue weighted by Gasteiger charge is 2.11. The Balaban J connectivity index is 2.24. The Morgan fingerprint density at radius 3 is 2.58 bits per heavy atom. The summed E-state index contributed by atoms with van der Waals surface area (Å²) >= 11 is 7.06. The largest absolute Gasteiger partial charge is 0.497 e. The molecule has 0 radical (unpaired) electrons. The second-order valence-electron chi connectivity index (χ2n) is 3.52. The summed E-state index contributed by atoms with van der Waals surface area (Å²) in [6.07, 6.45) is 0. The first-order valence-electron chi connectivity index (χ1n) is 5.22. The van der Waals surface area contributed by atoms with Gasteiger partial charge in [-0.3, -0.25) is 10.1 Å². The Hall–Kier alpha value is -1.79. The quantitative estimate of drug-likeness (QED) is 0.488. The molecular weight excluding hydrogens is 288 g/mol. The van der Waals surface area contributed by atoms with Crippen LogP contribution in [0.25, 0.3) is 0 Å². The molecule has 0 aliphatic heterocycles. The Bertz CT molecular complexity index is 604. The molecule has 98 valence electrons. The minimum atomic E-state index is -0.494. The summed E-state index contributed by atoms with van der Waals surface area (Å²) in [7, 11) is 1.59. The van der Waals surface area contributed by atoms with Gasteiger partial charge in [-0.15, -0.1) is 0 Å². The van der Waals surface area contributed by atoms with E-state index in [9.17, 15) is 10.1 Å². The van der Waals surface area contributed by atoms with E-state index in [1.54, 1.807) is 19.2 Å². The first kappa shape index (κ1) is 13.6. The van der Waals surface area contributed by atoms with Crippen LogP contribution in [0.1, 0.15) is 0 Å². The van der Waals surface area contributed by atoms with Gasteiger partial charge >= 0.3 is 0 Å². The zero-order valence-electron chi connectivity index (χ0n) is 9.87. The second kappa shape index (κ2) is 5.90. The first-order chi connectivity index (χ1) is 9.08. The molecule has 19 heavy (non-hydrogen) atoms. The smallest absolute Gasteiger partial charge is 0.275 e. The van der Waals surface area contributed by atoms with Gasteiger partial charge in [0.1, 0.15) is 15.9 Å². The van der Waals surface area contributed by atoms with Gasteiger partial charge in [-0.1, -0.05) is 23.4 Å². The van der Waals surface area contributed by atoms with Crippen molar-refractivity contribution in [1.29, 1.82) is 0 Å². The van der Waals surface area contributed by atoms with Crippen LogP contribution in [-0.2, 0) is 0 Å². The average Bonchev–Trinajstić information content (AvgIpc) is 2.39. The van der Waals surface area contributed by atoms with E-state index in [-0.39, 0.29) is 10.8 Å². The van der Waals surface area contributed by atoms with Crippen LogP contribution in [0.5, 0.6) is 5.75 Å². The number of ether oxygens (including phenoxy) is 1. The predicted octanol–water partition coefficient (Wildman–Crippen LogP) is 3.80. The van der Waals surface area contributed by atoms with E-state index < -0.39 is 4.92 Å². The zero-order chi connectivity index (χ0) is 13.8. The van der Waals surface area contributed by atoms with E-state index in [2.05, 4.69) is 4.98 Å². The normalized spacial score (nSPS) is 10.2. The number of aromatic nitrogens is 1. The first-order valence-corrected chi connectivity index (χ1v) is 6.42. The van der Waals surface area contributed by atoms with Crippen molar-refractivity contribution in [2.45, 2.75) is 9.92 Å². The van der Waals surface area contributed by atoms with Crippen LogP contribution in [-0.4, -0.2) is 17.0 Å². The molecule has 0 bridgehead atoms. The Kier molecular flexibility index (Phi) is 4.24. The van der Waals surface area contributed by atoms with Crippen molar-refractivity contribution < 1.29 is 9.66 Å². The van der Waals surface area contributed by atoms with Crippen LogP contribution in [0.4, 0.5) is 5.69 Å². The van der Waals surface area contributed by atoms with Crippen molar-refractivity contribution in [3.8, 4) is 5.75 Å². The summed E-state index contributed by atoms with van der Waals surface area (Å²) in [5.74, 6) is 0.745. The fourth-order valence-electron chi connectivity index (χ4n) is 1.38. The fourth-order valence-corrected chi connectivity index (χ4v) is 2.47. The third-order valence-corrected chi connectivity index (χ3v) is 3.37. The topological polar surface area (TPSA) is 65.3 Å². The SMILES string of the molecule is COc1ccc(Sc2cc([N+](=O)[O-])cc(Cl)n2)cc1. The van der Waals surface area contributed by atoms with Crippen LogP contribution in [0.15, 0.2) is 46.3 Å². The third-order valence-electron chi connectivity index (χ3n) is 2.25. The van der Waals surface area contributed by atoms with E-state index in [4.69, 9.17) is 16.3 Å². The van der Waals surface area contributed by atoms with Crippen LogP contribution in [0.3, 0.4) is 0 Å². The highest BCUT2D eigenvalue weighted by molar-refractivity contribution is 7.99. The number of methoxy groups -OCH3 is 1. The predicted molar refractivity (Wildman–Crippen MR) is 73.0 cm³/mol. The standard InChI is InChI=1S/C12H9ClN2O3S/c1-18-9-2-4-10(5-3-9)19-12-7-8(15(16)17)6-11(13)14-12/h2-7H,1H3. The van der Waals surface area contributed by atoms with Crippen LogP contribution in [0, 0.1) is 10.1 Å². The summed E-state index contributed by atoms with van der Waals surface area (Å²) in [6.45, 7) is 0. The maximum Gasteiger partial charge on any atom is 0.275 e. The molecule has 2 rings (SSSR count). The Morgan fingerprint density at radius 2 is 2.00 bits per heavy atom. The van der Waals surface area contributed by atoms with Crippen molar-refractivity contribution in [2.24, 2.45) is 0 Å². The van der Waals surface area contributed by atoms with E-state index >= 15 is 0 Å². The highest BCUT2D eigenvalue weighted by atomic mass is 35.5. The molecule has 5 nitrogen and oxygen atoms in total. The summed E-state index contributed by atoms with van der Waals surface area (Å²) in [6, 6.07) is 9.92. The number of rotatable bonds is 4. The minimum Gasteiger partial charge on any atom is -0.497 e. The van der Waals surface area contributed by atoms with Crippen molar-refractivity contribution >= 4 is 29.1 Å². The van der Waals surface area contributed by atoms with Gasteiger partial charge < -0.3 is 4.74 Å². The maximum absolute atomic E-state index is 10.7. The maximum atomic E-state index is 10.7. The molecule has 0 N–H and O–H groups in total. The molecule has 1 aromatic heterocycles. The number of hydrogen-bond donors (Lipinski definition) is 0. The molecule has 7 heteroatoms. The summed E-state index contributed by atoms with van der Waals surface area (Å²) in [5, 5.41) is 11.3. The summed E-state index contributed by atoms with van der Waals surface area (Å²) in [4.78, 5) is 15.2. The van der Waals surface area contributed by atoms with Crippen LogP contribution >= 0.6 is 23.4 Å². The molecule has 0 aliphatic rings. The summed E-state index contributed by atoms with van der Waals surface area (Å²) in [5.41, 5.74) is -0.0731. The lowest BCUT2D eigenvalue weighted by atomic mass is 10.3. The van der Waals surface area contributed by atoms with Crippen molar-refractivity contribution in [3.63, 3.8) is 0 Å². The molecule has 0 spiro atoms. The highest BCUT2D eigenvalue weighted by Crippen LogP contribution is 2.31. The number of nitrogens with zero attached hydrogens (tertiary/aromatic N) is 2. The lowest BCUT2D eigenvalue weighted by Gasteiger charge is -2.03. The molecule has 1 aromatic carbocycles. The molecule has 0 saturated carbocycles. The van der Waals surface area contributed by atoms with Crippen LogP contribution in [0.2, 0.25) is 5.15 Å². The monoisotopic (exact) mass is 296 g/mol. The third kappa shape index (κ3) is 3.59. The van der Waals surface area contributed by atoms with Gasteiger partial charge in [-0.2, -0.15) is 0 Å². The summed E-state index contributed by atoms with van der Waals surface area (Å²) < 4.78 is 5.05. The molecule has 0 amide bonds. The van der Waals surface area contributed by atoms with Gasteiger partial charge in [0.05, 0.1) is 18.1 Å². The second-order valence-corrected chi connectivity index (χ2v) is 5.00. The van der Waals surface area contributed by atoms with Gasteiger partial charge in [-0.05, 0) is 24.3 Å². The van der Waals surface area contributed by atoms with E-state index in [1.165, 1.54) is 23.9 Å². The Labute approximate surface area is 118 Å². The van der Waals surface area contributed by atoms with Crippen molar-refractivity contribution in [1.82, 2.24) is 4.98 Å².